The third-order valence-corrected chi connectivity index (χ3v) is 9.59. The van der Waals surface area contributed by atoms with Crippen molar-refractivity contribution in [3.05, 3.63) is 149 Å². The molecular formula is C40H28N2. The second-order valence-corrected chi connectivity index (χ2v) is 12.2. The Morgan fingerprint density at radius 3 is 2.55 bits per heavy atom. The number of fused-ring (bicyclic) bond motifs is 8. The average molecular weight is 537 g/mol. The van der Waals surface area contributed by atoms with Crippen LogP contribution in [0.25, 0.3) is 44.8 Å². The highest BCUT2D eigenvalue weighted by Crippen LogP contribution is 2.55. The van der Waals surface area contributed by atoms with Gasteiger partial charge in [0.1, 0.15) is 5.82 Å². The van der Waals surface area contributed by atoms with Gasteiger partial charge in [-0.2, -0.15) is 0 Å². The molecule has 42 heavy (non-hydrogen) atoms. The molecule has 198 valence electrons. The Kier molecular flexibility index (Phi) is 4.74. The van der Waals surface area contributed by atoms with Crippen molar-refractivity contribution in [2.45, 2.75) is 31.7 Å². The van der Waals surface area contributed by atoms with E-state index in [2.05, 4.69) is 140 Å². The van der Waals surface area contributed by atoms with Gasteiger partial charge >= 0.3 is 0 Å². The molecule has 0 saturated heterocycles. The van der Waals surface area contributed by atoms with Crippen LogP contribution in [0.1, 0.15) is 41.7 Å². The Bertz CT molecular complexity index is 2110. The Morgan fingerprint density at radius 2 is 1.60 bits per heavy atom. The molecule has 1 unspecified atom stereocenters. The minimum Gasteiger partial charge on any atom is -0.318 e. The minimum absolute atomic E-state index is 0.184. The summed E-state index contributed by atoms with van der Waals surface area (Å²) in [6, 6.07) is 46.3. The number of aromatic nitrogens is 1. The molecule has 0 fully saturated rings. The third kappa shape index (κ3) is 3.14. The van der Waals surface area contributed by atoms with Crippen LogP contribution >= 0.6 is 0 Å². The van der Waals surface area contributed by atoms with Crippen molar-refractivity contribution >= 4 is 33.9 Å². The van der Waals surface area contributed by atoms with Gasteiger partial charge in [0, 0.05) is 27.7 Å². The molecule has 1 atom stereocenters. The number of pyridine rings is 1. The number of rotatable bonds is 2. The van der Waals surface area contributed by atoms with Gasteiger partial charge in [-0.25, -0.2) is 4.98 Å². The van der Waals surface area contributed by atoms with E-state index >= 15 is 0 Å². The first-order valence-corrected chi connectivity index (χ1v) is 14.7. The van der Waals surface area contributed by atoms with Gasteiger partial charge in [-0.05, 0) is 75.4 Å². The summed E-state index contributed by atoms with van der Waals surface area (Å²) in [7, 11) is 0. The first-order chi connectivity index (χ1) is 20.6. The van der Waals surface area contributed by atoms with Crippen LogP contribution in [0, 0.1) is 12.1 Å². The molecule has 3 aliphatic rings. The van der Waals surface area contributed by atoms with Gasteiger partial charge < -0.3 is 4.90 Å². The molecule has 0 N–H and O–H groups in total. The van der Waals surface area contributed by atoms with E-state index in [0.29, 0.717) is 0 Å². The summed E-state index contributed by atoms with van der Waals surface area (Å²) in [6.45, 7) is 4.65. The number of nitrogens with zero attached hydrogens (tertiary/aromatic N) is 2. The zero-order valence-corrected chi connectivity index (χ0v) is 23.6. The van der Waals surface area contributed by atoms with Crippen molar-refractivity contribution in [1.29, 1.82) is 0 Å². The smallest absolute Gasteiger partial charge is 0.134 e. The lowest BCUT2D eigenvalue weighted by molar-refractivity contribution is 0.659. The summed E-state index contributed by atoms with van der Waals surface area (Å²) in [6.07, 6.45) is 3.34. The van der Waals surface area contributed by atoms with Crippen LogP contribution in [-0.4, -0.2) is 11.0 Å². The summed E-state index contributed by atoms with van der Waals surface area (Å²) in [5, 5.41) is 2.45. The summed E-state index contributed by atoms with van der Waals surface area (Å²) >= 11 is 0. The fraction of sp³-hybridized carbons (Fsp3) is 0.125. The van der Waals surface area contributed by atoms with Crippen LogP contribution in [0.2, 0.25) is 0 Å². The molecule has 1 aliphatic heterocycles. The van der Waals surface area contributed by atoms with Crippen molar-refractivity contribution in [3.63, 3.8) is 0 Å². The third-order valence-electron chi connectivity index (χ3n) is 9.59. The highest BCUT2D eigenvalue weighted by atomic mass is 15.2. The van der Waals surface area contributed by atoms with Crippen LogP contribution in [0.5, 0.6) is 0 Å². The van der Waals surface area contributed by atoms with E-state index in [9.17, 15) is 0 Å². The van der Waals surface area contributed by atoms with Crippen molar-refractivity contribution < 1.29 is 0 Å². The zero-order valence-electron chi connectivity index (χ0n) is 23.6. The molecule has 0 radical (unpaired) electrons. The number of hydrogen-bond donors (Lipinski definition) is 0. The largest absolute Gasteiger partial charge is 0.318 e. The number of anilines is 2. The lowest BCUT2D eigenvalue weighted by Crippen LogP contribution is -2.31. The number of para-hydroxylation sites is 1. The van der Waals surface area contributed by atoms with Gasteiger partial charge in [0.2, 0.25) is 0 Å². The number of benzene rings is 4. The highest BCUT2D eigenvalue weighted by molar-refractivity contribution is 6.02. The standard InChI is InChI=1S/C40H28N2/c1-40(2)34-20-9-7-17-29(34)33-24-37(41-39(38(33)40)31-19-11-15-25-12-5-6-16-28(25)31)42-35-21-10-8-18-30(35)32-22-26-13-3-4-14-27(26)23-36(32)42/h3-6,8-16,18-22,24,36H,23H2,1-2H3. The molecule has 0 amide bonds. The molecule has 0 bridgehead atoms. The second-order valence-electron chi connectivity index (χ2n) is 12.2. The first-order valence-electron chi connectivity index (χ1n) is 14.7. The van der Waals surface area contributed by atoms with Crippen molar-refractivity contribution in [1.82, 2.24) is 4.98 Å². The Hall–Kier alpha value is -5.13. The molecule has 9 rings (SSSR count). The van der Waals surface area contributed by atoms with Gasteiger partial charge in [-0.3, -0.25) is 0 Å². The predicted molar refractivity (Wildman–Crippen MR) is 173 cm³/mol. The van der Waals surface area contributed by atoms with E-state index in [0.717, 1.165) is 23.5 Å². The van der Waals surface area contributed by atoms with Crippen molar-refractivity contribution in [3.8, 4) is 22.4 Å². The zero-order chi connectivity index (χ0) is 28.0. The lowest BCUT2D eigenvalue weighted by atomic mass is 9.80. The van der Waals surface area contributed by atoms with Gasteiger partial charge in [-0.1, -0.05) is 111 Å². The Morgan fingerprint density at radius 1 is 0.810 bits per heavy atom. The molecule has 1 aromatic heterocycles. The van der Waals surface area contributed by atoms with E-state index in [4.69, 9.17) is 4.98 Å². The predicted octanol–water partition coefficient (Wildman–Crippen LogP) is 9.43. The molecule has 2 aliphatic carbocycles. The molecule has 2 nitrogen and oxygen atoms in total. The average Bonchev–Trinajstić information content (AvgIpc) is 3.47. The van der Waals surface area contributed by atoms with Crippen LogP contribution in [0.4, 0.5) is 11.5 Å². The monoisotopic (exact) mass is 536 g/mol. The van der Waals surface area contributed by atoms with E-state index in [1.54, 1.807) is 0 Å². The summed E-state index contributed by atoms with van der Waals surface area (Å²) < 4.78 is 0. The van der Waals surface area contributed by atoms with E-state index in [-0.39, 0.29) is 11.5 Å². The normalized spacial score (nSPS) is 17.0. The maximum Gasteiger partial charge on any atom is 0.134 e. The fourth-order valence-electron chi connectivity index (χ4n) is 7.68. The van der Waals surface area contributed by atoms with E-state index in [1.807, 2.05) is 6.07 Å². The molecule has 5 aromatic carbocycles. The topological polar surface area (TPSA) is 16.1 Å². The Labute approximate surface area is 246 Å². The van der Waals surface area contributed by atoms with E-state index in [1.165, 1.54) is 61.0 Å². The summed E-state index contributed by atoms with van der Waals surface area (Å²) in [4.78, 5) is 8.14. The quantitative estimate of drug-likeness (QED) is 0.219. The second kappa shape index (κ2) is 8.44. The molecule has 2 heteroatoms. The highest BCUT2D eigenvalue weighted by Gasteiger charge is 2.42. The molecule has 2 heterocycles. The van der Waals surface area contributed by atoms with Crippen LogP contribution in [-0.2, 0) is 11.8 Å². The molecule has 6 aromatic rings. The van der Waals surface area contributed by atoms with Gasteiger partial charge in [0.05, 0.1) is 17.4 Å². The van der Waals surface area contributed by atoms with Crippen molar-refractivity contribution in [2.75, 3.05) is 4.90 Å². The van der Waals surface area contributed by atoms with Gasteiger partial charge in [0.15, 0.2) is 0 Å². The summed E-state index contributed by atoms with van der Waals surface area (Å²) in [5.74, 6) is 0.984. The van der Waals surface area contributed by atoms with Gasteiger partial charge in [-0.15, -0.1) is 0 Å². The maximum absolute atomic E-state index is 5.65. The van der Waals surface area contributed by atoms with Crippen molar-refractivity contribution in [2.24, 2.45) is 0 Å². The SMILES string of the molecule is CC1(C)c2ccc#cc2-c2cc(N3c4ccccc4C4=Cc5ccccc5CC43)nc(-c3cccc4ccccc34)c21. The first kappa shape index (κ1) is 23.6. The van der Waals surface area contributed by atoms with Crippen LogP contribution < -0.4 is 4.90 Å². The minimum atomic E-state index is -0.216. The maximum atomic E-state index is 5.65. The van der Waals surface area contributed by atoms with Crippen LogP contribution in [0.15, 0.2) is 109 Å². The van der Waals surface area contributed by atoms with E-state index < -0.39 is 0 Å². The number of hydrogen-bond acceptors (Lipinski definition) is 2. The fourth-order valence-corrected chi connectivity index (χ4v) is 7.68. The molecule has 0 spiro atoms. The lowest BCUT2D eigenvalue weighted by Gasteiger charge is -2.31. The van der Waals surface area contributed by atoms with Gasteiger partial charge in [0.25, 0.3) is 0 Å². The van der Waals surface area contributed by atoms with Crippen LogP contribution in [0.3, 0.4) is 0 Å². The summed E-state index contributed by atoms with van der Waals surface area (Å²) in [5.41, 5.74) is 13.5. The molecular weight excluding hydrogens is 508 g/mol. The molecule has 0 saturated carbocycles. The Balaban J connectivity index is 1.35.